The number of nitrogens with zero attached hydrogens (tertiary/aromatic N) is 1. The predicted molar refractivity (Wildman–Crippen MR) is 124 cm³/mol. The van der Waals surface area contributed by atoms with Crippen LogP contribution in [0.2, 0.25) is 0 Å². The van der Waals surface area contributed by atoms with Crippen molar-refractivity contribution in [1.82, 2.24) is 4.90 Å². The van der Waals surface area contributed by atoms with E-state index in [0.29, 0.717) is 5.69 Å². The number of alkyl halides is 2. The summed E-state index contributed by atoms with van der Waals surface area (Å²) in [5.74, 6) is -2.49. The maximum absolute atomic E-state index is 12.8. The van der Waals surface area contributed by atoms with E-state index in [1.807, 2.05) is 13.8 Å². The third-order valence-corrected chi connectivity index (χ3v) is 10.9. The molecule has 2 saturated carbocycles. The van der Waals surface area contributed by atoms with E-state index in [1.54, 1.807) is 12.1 Å². The zero-order chi connectivity index (χ0) is 22.6. The number of amides is 3. The van der Waals surface area contributed by atoms with Gasteiger partial charge in [0.25, 0.3) is 5.91 Å². The number of carbonyl (C=O) groups is 4. The van der Waals surface area contributed by atoms with Crippen LogP contribution in [0.25, 0.3) is 0 Å². The van der Waals surface area contributed by atoms with Gasteiger partial charge in [0.1, 0.15) is 6.54 Å². The van der Waals surface area contributed by atoms with Crippen molar-refractivity contribution >= 4 is 77.2 Å². The van der Waals surface area contributed by atoms with Gasteiger partial charge in [0.05, 0.1) is 11.8 Å². The van der Waals surface area contributed by atoms with Gasteiger partial charge in [0, 0.05) is 19.8 Å². The first-order chi connectivity index (χ1) is 14.6. The van der Waals surface area contributed by atoms with Crippen LogP contribution in [0.4, 0.5) is 5.69 Å². The van der Waals surface area contributed by atoms with Crippen molar-refractivity contribution in [3.63, 3.8) is 0 Å². The molecule has 4 rings (SSSR count). The van der Waals surface area contributed by atoms with E-state index in [-0.39, 0.29) is 45.1 Å². The molecule has 6 atom stereocenters. The van der Waals surface area contributed by atoms with E-state index >= 15 is 0 Å². The summed E-state index contributed by atoms with van der Waals surface area (Å²) in [6.07, 6.45) is 0.826. The number of esters is 1. The molecule has 1 aromatic rings. The van der Waals surface area contributed by atoms with Crippen molar-refractivity contribution in [3.8, 4) is 0 Å². The third-order valence-electron chi connectivity index (χ3n) is 6.45. The first-order valence-corrected chi connectivity index (χ1v) is 12.6. The fraction of sp³-hybridized carbons (Fsp3) is 0.524. The van der Waals surface area contributed by atoms with Crippen LogP contribution < -0.4 is 5.32 Å². The maximum Gasteiger partial charge on any atom is 0.326 e. The van der Waals surface area contributed by atoms with E-state index in [2.05, 4.69) is 53.1 Å². The largest absolute Gasteiger partial charge is 0.454 e. The summed E-state index contributed by atoms with van der Waals surface area (Å²) in [4.78, 5) is 51.3. The first kappa shape index (κ1) is 22.9. The van der Waals surface area contributed by atoms with E-state index in [1.165, 1.54) is 0 Å². The smallest absolute Gasteiger partial charge is 0.326 e. The molecule has 1 N–H and O–H groups in total. The van der Waals surface area contributed by atoms with Crippen LogP contribution in [0.5, 0.6) is 0 Å². The van der Waals surface area contributed by atoms with Crippen LogP contribution in [0, 0.1) is 37.5 Å². The van der Waals surface area contributed by atoms with Crippen LogP contribution >= 0.6 is 47.8 Å². The van der Waals surface area contributed by atoms with E-state index in [0.717, 1.165) is 26.9 Å². The van der Waals surface area contributed by atoms with Crippen LogP contribution in [-0.4, -0.2) is 51.4 Å². The van der Waals surface area contributed by atoms with E-state index in [4.69, 9.17) is 4.74 Å². The summed E-state index contributed by atoms with van der Waals surface area (Å²) in [6.45, 7) is 2.87. The minimum absolute atomic E-state index is 0.0837. The number of imide groups is 1. The Morgan fingerprint density at radius 2 is 1.58 bits per heavy atom. The van der Waals surface area contributed by atoms with Crippen molar-refractivity contribution in [3.05, 3.63) is 27.7 Å². The summed E-state index contributed by atoms with van der Waals surface area (Å²) in [5.41, 5.74) is 2.53. The highest BCUT2D eigenvalue weighted by atomic mass is 79.9. The highest BCUT2D eigenvalue weighted by Crippen LogP contribution is 2.60. The Morgan fingerprint density at radius 3 is 2.10 bits per heavy atom. The fourth-order valence-electron chi connectivity index (χ4n) is 5.10. The van der Waals surface area contributed by atoms with E-state index < -0.39 is 25.0 Å². The first-order valence-electron chi connectivity index (χ1n) is 9.95. The topological polar surface area (TPSA) is 92.8 Å². The molecule has 0 aromatic heterocycles. The SMILES string of the molecule is Cc1cc(NC(=O)COC(=O)CN2C(=O)[C@@H]3[C@H]4C[C@@H]([C@H](Br)[C@@H]4Br)[C@@H]3C2=O)cc(C)c1Br. The number of fused-ring (bicyclic) bond motifs is 5. The lowest BCUT2D eigenvalue weighted by Crippen LogP contribution is -2.38. The van der Waals surface area contributed by atoms with Crippen molar-refractivity contribution < 1.29 is 23.9 Å². The molecular formula is C21H21Br3N2O5. The van der Waals surface area contributed by atoms with Gasteiger partial charge in [-0.2, -0.15) is 0 Å². The van der Waals surface area contributed by atoms with Gasteiger partial charge in [-0.3, -0.25) is 24.1 Å². The van der Waals surface area contributed by atoms with Crippen LogP contribution in [0.15, 0.2) is 16.6 Å². The Bertz CT molecular complexity index is 929. The van der Waals surface area contributed by atoms with Crippen molar-refractivity contribution in [2.45, 2.75) is 29.9 Å². The number of rotatable bonds is 5. The van der Waals surface area contributed by atoms with Crippen molar-refractivity contribution in [2.24, 2.45) is 23.7 Å². The molecule has 0 unspecified atom stereocenters. The number of benzene rings is 1. The zero-order valence-electron chi connectivity index (χ0n) is 16.9. The maximum atomic E-state index is 12.8. The number of halogens is 3. The van der Waals surface area contributed by atoms with Gasteiger partial charge in [0.2, 0.25) is 11.8 Å². The quantitative estimate of drug-likeness (QED) is 0.310. The van der Waals surface area contributed by atoms with Crippen LogP contribution in [0.3, 0.4) is 0 Å². The number of ether oxygens (including phenoxy) is 1. The lowest BCUT2D eigenvalue weighted by atomic mass is 9.81. The summed E-state index contributed by atoms with van der Waals surface area (Å²) in [5, 5.41) is 2.68. The van der Waals surface area contributed by atoms with Gasteiger partial charge in [-0.25, -0.2) is 0 Å². The van der Waals surface area contributed by atoms with Gasteiger partial charge in [-0.05, 0) is 55.4 Å². The third kappa shape index (κ3) is 3.99. The van der Waals surface area contributed by atoms with Gasteiger partial charge >= 0.3 is 5.97 Å². The molecule has 10 heteroatoms. The zero-order valence-corrected chi connectivity index (χ0v) is 21.6. The molecule has 1 heterocycles. The van der Waals surface area contributed by atoms with Gasteiger partial charge in [-0.15, -0.1) is 0 Å². The Labute approximate surface area is 205 Å². The molecule has 166 valence electrons. The number of carbonyl (C=O) groups excluding carboxylic acids is 4. The molecular weight excluding hydrogens is 600 g/mol. The summed E-state index contributed by atoms with van der Waals surface area (Å²) < 4.78 is 5.99. The lowest BCUT2D eigenvalue weighted by Gasteiger charge is -2.28. The Hall–Kier alpha value is -1.26. The molecule has 2 bridgehead atoms. The molecule has 31 heavy (non-hydrogen) atoms. The summed E-state index contributed by atoms with van der Waals surface area (Å²) >= 11 is 10.7. The minimum atomic E-state index is -0.780. The second kappa shape index (κ2) is 8.59. The molecule has 7 nitrogen and oxygen atoms in total. The summed E-state index contributed by atoms with van der Waals surface area (Å²) in [6, 6.07) is 3.61. The number of nitrogens with one attached hydrogen (secondary N) is 1. The Balaban J connectivity index is 1.32. The second-order valence-corrected chi connectivity index (χ2v) is 11.3. The Morgan fingerprint density at radius 1 is 1.06 bits per heavy atom. The highest BCUT2D eigenvalue weighted by Gasteiger charge is 2.66. The monoisotopic (exact) mass is 618 g/mol. The average molecular weight is 621 g/mol. The molecule has 1 aromatic carbocycles. The van der Waals surface area contributed by atoms with Crippen molar-refractivity contribution in [1.29, 1.82) is 0 Å². The molecule has 2 aliphatic carbocycles. The molecule has 1 aliphatic heterocycles. The number of hydrogen-bond donors (Lipinski definition) is 1. The average Bonchev–Trinajstić information content (AvgIpc) is 3.31. The van der Waals surface area contributed by atoms with Gasteiger partial charge in [0.15, 0.2) is 6.61 Å². The number of hydrogen-bond acceptors (Lipinski definition) is 5. The molecule has 0 spiro atoms. The predicted octanol–water partition coefficient (Wildman–Crippen LogP) is 3.33. The minimum Gasteiger partial charge on any atom is -0.454 e. The Kier molecular flexibility index (Phi) is 6.35. The standard InChI is InChI=1S/C21H21Br3N2O5/c1-8-3-10(4-9(2)17(8)22)25-13(27)7-31-14(28)6-26-20(29)15-11-5-12(16(15)21(26)30)19(24)18(11)23/h3-4,11-12,15-16,18-19H,5-7H2,1-2H3,(H,25,27)/t11-,12-,15-,16+,18-,19+/m1/s1. The molecule has 3 aliphatic rings. The van der Waals surface area contributed by atoms with Gasteiger partial charge < -0.3 is 10.1 Å². The number of aryl methyl sites for hydroxylation is 2. The molecule has 3 amide bonds. The molecule has 1 saturated heterocycles. The number of likely N-dealkylation sites (tertiary alicyclic amines) is 1. The van der Waals surface area contributed by atoms with Gasteiger partial charge in [-0.1, -0.05) is 47.8 Å². The number of anilines is 1. The van der Waals surface area contributed by atoms with Crippen LogP contribution in [0.1, 0.15) is 17.5 Å². The normalized spacial score (nSPS) is 31.2. The summed E-state index contributed by atoms with van der Waals surface area (Å²) in [7, 11) is 0. The fourth-order valence-corrected chi connectivity index (χ4v) is 7.20. The lowest BCUT2D eigenvalue weighted by molar-refractivity contribution is -0.154. The van der Waals surface area contributed by atoms with Crippen molar-refractivity contribution in [2.75, 3.05) is 18.5 Å². The molecule has 0 radical (unpaired) electrons. The van der Waals surface area contributed by atoms with E-state index in [9.17, 15) is 19.2 Å². The van der Waals surface area contributed by atoms with Crippen LogP contribution in [-0.2, 0) is 23.9 Å². The second-order valence-electron chi connectivity index (χ2n) is 8.40. The highest BCUT2D eigenvalue weighted by molar-refractivity contribution is 9.12. The molecule has 3 fully saturated rings.